The molecule has 0 unspecified atom stereocenters. The third kappa shape index (κ3) is 5.97. The van der Waals surface area contributed by atoms with E-state index < -0.39 is 5.60 Å². The van der Waals surface area contributed by atoms with E-state index in [-0.39, 0.29) is 12.1 Å². The Balaban J connectivity index is 0.00000149. The Labute approximate surface area is 210 Å². The van der Waals surface area contributed by atoms with E-state index in [0.29, 0.717) is 18.1 Å². The zero-order valence-corrected chi connectivity index (χ0v) is 22.6. The minimum atomic E-state index is -0.494. The molecule has 0 N–H and O–H groups in total. The summed E-state index contributed by atoms with van der Waals surface area (Å²) in [6.45, 7) is 14.4. The van der Waals surface area contributed by atoms with Crippen LogP contribution in [0.15, 0.2) is 30.5 Å². The van der Waals surface area contributed by atoms with Crippen LogP contribution in [0.25, 0.3) is 10.6 Å². The molecular weight excluding hydrogens is 502 g/mol. The fourth-order valence-corrected chi connectivity index (χ4v) is 4.87. The molecule has 5 nitrogen and oxygen atoms in total. The van der Waals surface area contributed by atoms with Gasteiger partial charge in [0.15, 0.2) is 0 Å². The summed E-state index contributed by atoms with van der Waals surface area (Å²) in [4.78, 5) is 21.6. The topological polar surface area (TPSA) is 45.7 Å². The summed E-state index contributed by atoms with van der Waals surface area (Å²) in [5, 5.41) is 0.707. The van der Waals surface area contributed by atoms with Crippen LogP contribution in [0.2, 0.25) is 5.02 Å². The van der Waals surface area contributed by atoms with E-state index in [9.17, 15) is 4.79 Å². The minimum Gasteiger partial charge on any atom is -0.444 e. The van der Waals surface area contributed by atoms with Crippen molar-refractivity contribution in [2.75, 3.05) is 26.2 Å². The van der Waals surface area contributed by atoms with E-state index in [0.717, 1.165) is 40.0 Å². The third-order valence-corrected chi connectivity index (χ3v) is 6.42. The van der Waals surface area contributed by atoms with Crippen LogP contribution in [0.4, 0.5) is 4.79 Å². The van der Waals surface area contributed by atoms with Gasteiger partial charge in [0, 0.05) is 47.4 Å². The molecule has 2 aliphatic rings. The van der Waals surface area contributed by atoms with Crippen molar-refractivity contribution in [2.24, 2.45) is 0 Å². The van der Waals surface area contributed by atoms with E-state index in [2.05, 4.69) is 46.0 Å². The number of carbonyl (C=O) groups is 1. The molecule has 0 spiro atoms. The number of aryl methyl sites for hydroxylation is 1. The van der Waals surface area contributed by atoms with Crippen LogP contribution in [0.1, 0.15) is 68.6 Å². The molecular formula is C26H33BrClN3O2. The number of hydrogen-bond acceptors (Lipinski definition) is 4. The number of hydrogen-bond donors (Lipinski definition) is 0. The zero-order valence-electron chi connectivity index (χ0n) is 20.3. The first-order chi connectivity index (χ1) is 15.6. The van der Waals surface area contributed by atoms with Crippen LogP contribution < -0.4 is 0 Å². The predicted octanol–water partition coefficient (Wildman–Crippen LogP) is 6.92. The summed E-state index contributed by atoms with van der Waals surface area (Å²) in [6, 6.07) is 8.18. The van der Waals surface area contributed by atoms with Gasteiger partial charge in [-0.3, -0.25) is 9.88 Å². The summed E-state index contributed by atoms with van der Waals surface area (Å²) in [5.41, 5.74) is 4.97. The number of amides is 1. The van der Waals surface area contributed by atoms with Gasteiger partial charge in [0.25, 0.3) is 0 Å². The lowest BCUT2D eigenvalue weighted by atomic mass is 9.95. The van der Waals surface area contributed by atoms with Crippen LogP contribution in [-0.2, 0) is 4.74 Å². The molecule has 0 saturated carbocycles. The Morgan fingerprint density at radius 2 is 1.82 bits per heavy atom. The highest BCUT2D eigenvalue weighted by molar-refractivity contribution is 9.15. The maximum absolute atomic E-state index is 12.5. The van der Waals surface area contributed by atoms with Crippen molar-refractivity contribution in [1.29, 1.82) is 0 Å². The van der Waals surface area contributed by atoms with E-state index in [1.165, 1.54) is 5.56 Å². The van der Waals surface area contributed by atoms with Gasteiger partial charge < -0.3 is 9.64 Å². The molecule has 178 valence electrons. The Morgan fingerprint density at radius 3 is 2.45 bits per heavy atom. The van der Waals surface area contributed by atoms with E-state index in [1.54, 1.807) is 4.90 Å². The normalized spacial score (nSPS) is 18.2. The number of pyridine rings is 1. The number of aromatic nitrogens is 1. The van der Waals surface area contributed by atoms with E-state index >= 15 is 0 Å². The fraction of sp³-hybridized carbons (Fsp3) is 0.462. The van der Waals surface area contributed by atoms with Crippen LogP contribution in [-0.4, -0.2) is 52.7 Å². The van der Waals surface area contributed by atoms with Crippen molar-refractivity contribution in [1.82, 2.24) is 14.8 Å². The number of ether oxygens (including phenoxy) is 1. The van der Waals surface area contributed by atoms with Crippen molar-refractivity contribution in [3.63, 3.8) is 0 Å². The first-order valence-corrected chi connectivity index (χ1v) is 12.6. The Hall–Kier alpha value is -1.89. The average Bonchev–Trinajstić information content (AvgIpc) is 2.87. The highest BCUT2D eigenvalue weighted by Gasteiger charge is 2.34. The zero-order chi connectivity index (χ0) is 24.3. The van der Waals surface area contributed by atoms with Crippen LogP contribution in [0, 0.1) is 6.92 Å². The van der Waals surface area contributed by atoms with Crippen molar-refractivity contribution >= 4 is 44.2 Å². The smallest absolute Gasteiger partial charge is 0.410 e. The maximum atomic E-state index is 12.5. The number of rotatable bonds is 1. The number of benzene rings is 1. The van der Waals surface area contributed by atoms with Crippen LogP contribution in [0.3, 0.4) is 0 Å². The molecule has 4 rings (SSSR count). The number of fused-ring (bicyclic) bond motifs is 2. The van der Waals surface area contributed by atoms with E-state index in [4.69, 9.17) is 21.3 Å². The van der Waals surface area contributed by atoms with Gasteiger partial charge in [0.1, 0.15) is 5.60 Å². The molecule has 1 aliphatic carbocycles. The lowest BCUT2D eigenvalue weighted by molar-refractivity contribution is 0.0118. The second kappa shape index (κ2) is 10.6. The number of halogens is 2. The predicted molar refractivity (Wildman–Crippen MR) is 140 cm³/mol. The molecule has 1 aromatic carbocycles. The Bertz CT molecular complexity index is 1040. The second-order valence-electron chi connectivity index (χ2n) is 9.12. The Morgan fingerprint density at radius 1 is 1.15 bits per heavy atom. The maximum Gasteiger partial charge on any atom is 0.410 e. The van der Waals surface area contributed by atoms with Crippen molar-refractivity contribution in [3.8, 4) is 0 Å². The number of piperazine rings is 1. The van der Waals surface area contributed by atoms with Gasteiger partial charge in [-0.05, 0) is 68.7 Å². The first kappa shape index (κ1) is 25.7. The molecule has 1 amide bonds. The molecule has 2 aromatic rings. The van der Waals surface area contributed by atoms with E-state index in [1.807, 2.05) is 52.9 Å². The molecule has 7 heteroatoms. The third-order valence-electron chi connectivity index (χ3n) is 5.53. The SMILES string of the molecule is CC.Cc1cnc2c(c1)C(Br)=Cc1cc(Cl)ccc1[C@@H]2N1CCN(C(=O)OC(C)(C)C)CC1. The van der Waals surface area contributed by atoms with Crippen molar-refractivity contribution < 1.29 is 9.53 Å². The number of carbonyl (C=O) groups excluding carboxylic acids is 1. The number of nitrogens with zero attached hydrogens (tertiary/aromatic N) is 3. The lowest BCUT2D eigenvalue weighted by Gasteiger charge is -2.40. The largest absolute Gasteiger partial charge is 0.444 e. The fourth-order valence-electron chi connectivity index (χ4n) is 4.13. The van der Waals surface area contributed by atoms with Crippen LogP contribution in [0.5, 0.6) is 0 Å². The van der Waals surface area contributed by atoms with Gasteiger partial charge in [-0.1, -0.05) is 47.4 Å². The standard InChI is InChI=1S/C24H27BrClN3O2.C2H6/c1-15-11-19-20(25)13-16-12-17(26)5-6-18(16)22(21(19)27-14-15)28-7-9-29(10-8-28)23(30)31-24(2,3)4;1-2/h5-6,11-14,22H,7-10H2,1-4H3;1-2H3/t22-;/m0./s1. The van der Waals surface area contributed by atoms with Gasteiger partial charge in [0.2, 0.25) is 0 Å². The summed E-state index contributed by atoms with van der Waals surface area (Å²) in [6.07, 6.45) is 3.79. The molecule has 1 aliphatic heterocycles. The second-order valence-corrected chi connectivity index (χ2v) is 10.4. The minimum absolute atomic E-state index is 0.0186. The van der Waals surface area contributed by atoms with Gasteiger partial charge >= 0.3 is 6.09 Å². The highest BCUT2D eigenvalue weighted by Crippen LogP contribution is 2.42. The first-order valence-electron chi connectivity index (χ1n) is 11.5. The monoisotopic (exact) mass is 533 g/mol. The molecule has 1 aromatic heterocycles. The van der Waals surface area contributed by atoms with Crippen molar-refractivity contribution in [3.05, 3.63) is 63.4 Å². The van der Waals surface area contributed by atoms with Gasteiger partial charge in [-0.25, -0.2) is 4.79 Å². The summed E-state index contributed by atoms with van der Waals surface area (Å²) < 4.78 is 6.56. The summed E-state index contributed by atoms with van der Waals surface area (Å²) >= 11 is 10.1. The molecule has 33 heavy (non-hydrogen) atoms. The highest BCUT2D eigenvalue weighted by atomic mass is 79.9. The summed E-state index contributed by atoms with van der Waals surface area (Å²) in [5.74, 6) is 0. The van der Waals surface area contributed by atoms with Gasteiger partial charge in [-0.15, -0.1) is 0 Å². The molecule has 2 heterocycles. The van der Waals surface area contributed by atoms with Gasteiger partial charge in [0.05, 0.1) is 11.7 Å². The quantitative estimate of drug-likeness (QED) is 0.398. The Kier molecular flexibility index (Phi) is 8.25. The lowest BCUT2D eigenvalue weighted by Crippen LogP contribution is -2.51. The van der Waals surface area contributed by atoms with Crippen LogP contribution >= 0.6 is 27.5 Å². The molecule has 1 saturated heterocycles. The van der Waals surface area contributed by atoms with Crippen molar-refractivity contribution in [2.45, 2.75) is 53.2 Å². The average molecular weight is 535 g/mol. The molecule has 0 radical (unpaired) electrons. The summed E-state index contributed by atoms with van der Waals surface area (Å²) in [7, 11) is 0. The molecule has 0 bridgehead atoms. The van der Waals surface area contributed by atoms with Gasteiger partial charge in [-0.2, -0.15) is 0 Å². The molecule has 1 atom stereocenters. The molecule has 1 fully saturated rings.